The van der Waals surface area contributed by atoms with Gasteiger partial charge in [-0.2, -0.15) is 0 Å². The molecule has 3 N–H and O–H groups in total. The Balaban J connectivity index is 2.97. The summed E-state index contributed by atoms with van der Waals surface area (Å²) in [6.45, 7) is -0.341. The molecule has 0 aromatic heterocycles. The van der Waals surface area contributed by atoms with E-state index in [2.05, 4.69) is 5.32 Å². The molecule has 7 nitrogen and oxygen atoms in total. The fourth-order valence-corrected chi connectivity index (χ4v) is 1.61. The molecule has 0 aliphatic rings. The van der Waals surface area contributed by atoms with Gasteiger partial charge in [-0.25, -0.2) is 4.79 Å². The van der Waals surface area contributed by atoms with E-state index in [1.54, 1.807) is 12.1 Å². The molecule has 0 aliphatic carbocycles. The van der Waals surface area contributed by atoms with Crippen LogP contribution in [0.5, 0.6) is 11.5 Å². The highest BCUT2D eigenvalue weighted by Crippen LogP contribution is 2.23. The van der Waals surface area contributed by atoms with Crippen molar-refractivity contribution in [2.45, 2.75) is 12.5 Å². The summed E-state index contributed by atoms with van der Waals surface area (Å²) in [6.07, 6.45) is -0.0760. The average Bonchev–Trinajstić information content (AvgIpc) is 2.45. The van der Waals surface area contributed by atoms with E-state index in [-0.39, 0.29) is 18.6 Å². The van der Waals surface area contributed by atoms with Crippen molar-refractivity contribution >= 4 is 11.9 Å². The number of ether oxygens (including phenoxy) is 2. The van der Waals surface area contributed by atoms with Crippen LogP contribution < -0.4 is 14.8 Å². The Labute approximate surface area is 116 Å². The Hall–Kier alpha value is -2.28. The Bertz CT molecular complexity index is 488. The number of carboxylic acids is 1. The first-order valence-corrected chi connectivity index (χ1v) is 5.90. The summed E-state index contributed by atoms with van der Waals surface area (Å²) in [6, 6.07) is 3.46. The van der Waals surface area contributed by atoms with Gasteiger partial charge in [0.25, 0.3) is 5.91 Å². The summed E-state index contributed by atoms with van der Waals surface area (Å²) in [5.74, 6) is -1.07. The molecule has 0 heterocycles. The van der Waals surface area contributed by atoms with Crippen LogP contribution in [-0.4, -0.2) is 49.0 Å². The number of methoxy groups -OCH3 is 2. The van der Waals surface area contributed by atoms with Crippen LogP contribution >= 0.6 is 0 Å². The van der Waals surface area contributed by atoms with E-state index >= 15 is 0 Å². The fraction of sp³-hybridized carbons (Fsp3) is 0.385. The van der Waals surface area contributed by atoms with Crippen LogP contribution in [0, 0.1) is 0 Å². The Morgan fingerprint density at radius 2 is 2.00 bits per heavy atom. The lowest BCUT2D eigenvalue weighted by Gasteiger charge is -2.15. The predicted octanol–water partition coefficient (Wildman–Crippen LogP) is 0.269. The number of carbonyl (C=O) groups excluding carboxylic acids is 1. The number of rotatable bonds is 7. The third-order valence-electron chi connectivity index (χ3n) is 2.67. The fourth-order valence-electron chi connectivity index (χ4n) is 1.61. The maximum Gasteiger partial charge on any atom is 0.326 e. The van der Waals surface area contributed by atoms with Crippen molar-refractivity contribution in [1.29, 1.82) is 0 Å². The van der Waals surface area contributed by atoms with Crippen molar-refractivity contribution in [3.63, 3.8) is 0 Å². The average molecular weight is 283 g/mol. The van der Waals surface area contributed by atoms with E-state index < -0.39 is 17.9 Å². The number of amides is 1. The van der Waals surface area contributed by atoms with Gasteiger partial charge in [0.15, 0.2) is 0 Å². The lowest BCUT2D eigenvalue weighted by molar-refractivity contribution is -0.139. The van der Waals surface area contributed by atoms with Gasteiger partial charge >= 0.3 is 5.97 Å². The van der Waals surface area contributed by atoms with E-state index in [1.165, 1.54) is 20.3 Å². The number of benzene rings is 1. The molecule has 20 heavy (non-hydrogen) atoms. The van der Waals surface area contributed by atoms with Gasteiger partial charge in [-0.1, -0.05) is 0 Å². The highest BCUT2D eigenvalue weighted by Gasteiger charge is 2.22. The van der Waals surface area contributed by atoms with E-state index in [1.807, 2.05) is 0 Å². The van der Waals surface area contributed by atoms with Crippen molar-refractivity contribution in [1.82, 2.24) is 5.32 Å². The van der Waals surface area contributed by atoms with Crippen molar-refractivity contribution < 1.29 is 29.3 Å². The van der Waals surface area contributed by atoms with Gasteiger partial charge in [0.05, 0.1) is 19.8 Å². The number of aliphatic hydroxyl groups is 1. The van der Waals surface area contributed by atoms with Crippen molar-refractivity contribution in [3.05, 3.63) is 23.8 Å². The van der Waals surface area contributed by atoms with Gasteiger partial charge in [0.2, 0.25) is 0 Å². The molecule has 1 atom stereocenters. The molecular weight excluding hydrogens is 266 g/mol. The maximum absolute atomic E-state index is 12.1. The topological polar surface area (TPSA) is 105 Å². The molecule has 0 aliphatic heterocycles. The van der Waals surface area contributed by atoms with Crippen LogP contribution in [0.4, 0.5) is 0 Å². The standard InChI is InChI=1S/C13H17NO6/c1-19-8-3-4-11(20-2)9(7-8)12(16)14-10(5-6-15)13(17)18/h3-4,7,10,15H,5-6H2,1-2H3,(H,14,16)(H,17,18). The van der Waals surface area contributed by atoms with E-state index in [9.17, 15) is 9.59 Å². The van der Waals surface area contributed by atoms with Crippen molar-refractivity contribution in [2.24, 2.45) is 0 Å². The number of aliphatic hydroxyl groups excluding tert-OH is 1. The number of nitrogens with one attached hydrogen (secondary N) is 1. The summed E-state index contributed by atoms with van der Waals surface area (Å²) in [5, 5.41) is 20.1. The number of hydrogen-bond acceptors (Lipinski definition) is 5. The predicted molar refractivity (Wildman–Crippen MR) is 70.1 cm³/mol. The molecule has 7 heteroatoms. The minimum Gasteiger partial charge on any atom is -0.497 e. The summed E-state index contributed by atoms with van der Waals surface area (Å²) < 4.78 is 10.1. The third-order valence-corrected chi connectivity index (χ3v) is 2.67. The van der Waals surface area contributed by atoms with Crippen LogP contribution in [0.3, 0.4) is 0 Å². The molecule has 1 aromatic carbocycles. The van der Waals surface area contributed by atoms with Crippen LogP contribution in [0.15, 0.2) is 18.2 Å². The largest absolute Gasteiger partial charge is 0.497 e. The van der Waals surface area contributed by atoms with E-state index in [4.69, 9.17) is 19.7 Å². The second kappa shape index (κ2) is 7.34. The minimum absolute atomic E-state index is 0.0760. The first kappa shape index (κ1) is 15.8. The molecule has 0 saturated heterocycles. The molecule has 1 rings (SSSR count). The molecule has 0 spiro atoms. The molecule has 1 unspecified atom stereocenters. The summed E-state index contributed by atoms with van der Waals surface area (Å²) >= 11 is 0. The number of carbonyl (C=O) groups is 2. The van der Waals surface area contributed by atoms with Crippen LogP contribution in [0.2, 0.25) is 0 Å². The van der Waals surface area contributed by atoms with Crippen molar-refractivity contribution in [3.8, 4) is 11.5 Å². The first-order chi connectivity index (χ1) is 9.53. The summed E-state index contributed by atoms with van der Waals surface area (Å²) in [7, 11) is 2.86. The number of aliphatic carboxylic acids is 1. The third kappa shape index (κ3) is 3.86. The summed E-state index contributed by atoms with van der Waals surface area (Å²) in [4.78, 5) is 23.0. The first-order valence-electron chi connectivity index (χ1n) is 5.90. The smallest absolute Gasteiger partial charge is 0.326 e. The molecule has 110 valence electrons. The van der Waals surface area contributed by atoms with Crippen LogP contribution in [-0.2, 0) is 4.79 Å². The highest BCUT2D eigenvalue weighted by molar-refractivity contribution is 5.99. The van der Waals surface area contributed by atoms with Gasteiger partial charge < -0.3 is 25.0 Å². The van der Waals surface area contributed by atoms with Gasteiger partial charge in [0, 0.05) is 13.0 Å². The molecular formula is C13H17NO6. The van der Waals surface area contributed by atoms with Gasteiger partial charge in [-0.15, -0.1) is 0 Å². The molecule has 1 amide bonds. The Morgan fingerprint density at radius 3 is 2.50 bits per heavy atom. The number of carboxylic acid groups (broad SMARTS) is 1. The highest BCUT2D eigenvalue weighted by atomic mass is 16.5. The Kier molecular flexibility index (Phi) is 5.79. The van der Waals surface area contributed by atoms with E-state index in [0.717, 1.165) is 0 Å². The number of hydrogen-bond donors (Lipinski definition) is 3. The molecule has 0 fully saturated rings. The lowest BCUT2D eigenvalue weighted by atomic mass is 10.1. The van der Waals surface area contributed by atoms with Crippen molar-refractivity contribution in [2.75, 3.05) is 20.8 Å². The quantitative estimate of drug-likeness (QED) is 0.663. The second-order valence-corrected chi connectivity index (χ2v) is 3.94. The van der Waals surface area contributed by atoms with Crippen LogP contribution in [0.1, 0.15) is 16.8 Å². The second-order valence-electron chi connectivity index (χ2n) is 3.94. The van der Waals surface area contributed by atoms with E-state index in [0.29, 0.717) is 11.5 Å². The lowest BCUT2D eigenvalue weighted by Crippen LogP contribution is -2.41. The van der Waals surface area contributed by atoms with Gasteiger partial charge in [-0.05, 0) is 18.2 Å². The monoisotopic (exact) mass is 283 g/mol. The van der Waals surface area contributed by atoms with Gasteiger partial charge in [0.1, 0.15) is 17.5 Å². The molecule has 1 aromatic rings. The molecule has 0 bridgehead atoms. The molecule has 0 saturated carbocycles. The minimum atomic E-state index is -1.21. The zero-order chi connectivity index (χ0) is 15.1. The normalized spacial score (nSPS) is 11.6. The maximum atomic E-state index is 12.1. The molecule has 0 radical (unpaired) electrons. The van der Waals surface area contributed by atoms with Gasteiger partial charge in [-0.3, -0.25) is 4.79 Å². The Morgan fingerprint density at radius 1 is 1.30 bits per heavy atom. The summed E-state index contributed by atoms with van der Waals surface area (Å²) in [5.41, 5.74) is 0.163. The SMILES string of the molecule is COc1ccc(OC)c(C(=O)NC(CCO)C(=O)O)c1. The zero-order valence-electron chi connectivity index (χ0n) is 11.3. The van der Waals surface area contributed by atoms with Crippen LogP contribution in [0.25, 0.3) is 0 Å². The zero-order valence-corrected chi connectivity index (χ0v) is 11.3.